The van der Waals surface area contributed by atoms with Crippen LogP contribution in [-0.4, -0.2) is 23.4 Å². The number of amides is 1. The average molecular weight is 300 g/mol. The molecule has 3 nitrogen and oxygen atoms in total. The minimum Gasteiger partial charge on any atom is -0.398 e. The van der Waals surface area contributed by atoms with Crippen molar-refractivity contribution in [2.24, 2.45) is 0 Å². The average Bonchev–Trinajstić information content (AvgIpc) is 2.62. The Morgan fingerprint density at radius 2 is 2.00 bits per heavy atom. The number of halogens is 3. The number of anilines is 1. The Morgan fingerprint density at radius 1 is 1.29 bits per heavy atom. The van der Waals surface area contributed by atoms with E-state index in [1.54, 1.807) is 4.90 Å². The van der Waals surface area contributed by atoms with Gasteiger partial charge in [-0.2, -0.15) is 13.2 Å². The molecule has 6 heteroatoms. The summed E-state index contributed by atoms with van der Waals surface area (Å²) in [5.74, 6) is -0.352. The zero-order chi connectivity index (χ0) is 15.6. The van der Waals surface area contributed by atoms with Gasteiger partial charge in [0.1, 0.15) is 0 Å². The maximum atomic E-state index is 12.9. The predicted octanol–water partition coefficient (Wildman–Crippen LogP) is 3.69. The summed E-state index contributed by atoms with van der Waals surface area (Å²) in [4.78, 5) is 14.1. The van der Waals surface area contributed by atoms with Gasteiger partial charge >= 0.3 is 6.18 Å². The normalized spacial score (nSPS) is 20.2. The Morgan fingerprint density at radius 3 is 2.67 bits per heavy atom. The Balaban J connectivity index is 2.30. The molecule has 1 aliphatic rings. The number of nitrogens with two attached hydrogens (primary N) is 1. The van der Waals surface area contributed by atoms with E-state index in [2.05, 4.69) is 0 Å². The fraction of sp³-hybridized carbons (Fsp3) is 0.533. The molecule has 2 rings (SSSR count). The molecule has 1 aromatic carbocycles. The number of hydrogen-bond acceptors (Lipinski definition) is 2. The highest BCUT2D eigenvalue weighted by atomic mass is 19.4. The molecule has 1 saturated heterocycles. The summed E-state index contributed by atoms with van der Waals surface area (Å²) in [5, 5.41) is 0. The number of rotatable bonds is 1. The molecule has 0 aliphatic carbocycles. The first-order valence-electron chi connectivity index (χ1n) is 7.08. The number of likely N-dealkylation sites (tertiary alicyclic amines) is 1. The Bertz CT molecular complexity index is 528. The number of nitrogens with zero attached hydrogens (tertiary/aromatic N) is 1. The predicted molar refractivity (Wildman–Crippen MR) is 74.8 cm³/mol. The quantitative estimate of drug-likeness (QED) is 0.804. The molecule has 21 heavy (non-hydrogen) atoms. The van der Waals surface area contributed by atoms with Gasteiger partial charge in [-0.1, -0.05) is 12.8 Å². The molecular formula is C15H19F3N2O. The van der Waals surface area contributed by atoms with Crippen LogP contribution in [0.2, 0.25) is 0 Å². The Hall–Kier alpha value is -1.72. The molecule has 0 aromatic heterocycles. The molecule has 1 aliphatic heterocycles. The van der Waals surface area contributed by atoms with Gasteiger partial charge in [-0.25, -0.2) is 0 Å². The number of alkyl halides is 3. The van der Waals surface area contributed by atoms with E-state index in [0.29, 0.717) is 6.54 Å². The van der Waals surface area contributed by atoms with Gasteiger partial charge in [-0.3, -0.25) is 4.79 Å². The molecule has 0 radical (unpaired) electrons. The summed E-state index contributed by atoms with van der Waals surface area (Å²) >= 11 is 0. The van der Waals surface area contributed by atoms with Crippen molar-refractivity contribution in [1.82, 2.24) is 4.90 Å². The van der Waals surface area contributed by atoms with E-state index >= 15 is 0 Å². The topological polar surface area (TPSA) is 46.3 Å². The van der Waals surface area contributed by atoms with Gasteiger partial charge in [0.25, 0.3) is 5.91 Å². The number of carbonyl (C=O) groups is 1. The highest BCUT2D eigenvalue weighted by molar-refractivity contribution is 5.95. The second kappa shape index (κ2) is 5.95. The van der Waals surface area contributed by atoms with Crippen LogP contribution < -0.4 is 5.73 Å². The molecule has 0 spiro atoms. The molecule has 1 aromatic rings. The molecule has 0 saturated carbocycles. The van der Waals surface area contributed by atoms with E-state index in [1.807, 2.05) is 6.92 Å². The van der Waals surface area contributed by atoms with E-state index in [-0.39, 0.29) is 23.2 Å². The Labute approximate surface area is 121 Å². The van der Waals surface area contributed by atoms with Crippen LogP contribution in [0.1, 0.15) is 48.5 Å². The van der Waals surface area contributed by atoms with Crippen molar-refractivity contribution in [3.8, 4) is 0 Å². The van der Waals surface area contributed by atoms with E-state index in [0.717, 1.165) is 37.8 Å². The molecule has 116 valence electrons. The minimum atomic E-state index is -4.55. The van der Waals surface area contributed by atoms with Crippen LogP contribution in [0.3, 0.4) is 0 Å². The van der Waals surface area contributed by atoms with E-state index in [9.17, 15) is 18.0 Å². The maximum Gasteiger partial charge on any atom is 0.418 e. The smallest absolute Gasteiger partial charge is 0.398 e. The summed E-state index contributed by atoms with van der Waals surface area (Å²) in [5.41, 5.74) is 4.10. The van der Waals surface area contributed by atoms with Crippen LogP contribution in [0.5, 0.6) is 0 Å². The van der Waals surface area contributed by atoms with Crippen molar-refractivity contribution in [3.63, 3.8) is 0 Å². The van der Waals surface area contributed by atoms with Crippen LogP contribution >= 0.6 is 0 Å². The van der Waals surface area contributed by atoms with Crippen molar-refractivity contribution in [2.75, 3.05) is 12.3 Å². The fourth-order valence-corrected chi connectivity index (χ4v) is 2.68. The monoisotopic (exact) mass is 300 g/mol. The number of carbonyl (C=O) groups excluding carboxylic acids is 1. The zero-order valence-corrected chi connectivity index (χ0v) is 11.9. The van der Waals surface area contributed by atoms with Crippen LogP contribution in [0.25, 0.3) is 0 Å². The fourth-order valence-electron chi connectivity index (χ4n) is 2.68. The third-order valence-corrected chi connectivity index (χ3v) is 3.92. The molecular weight excluding hydrogens is 281 g/mol. The lowest BCUT2D eigenvalue weighted by atomic mass is 10.1. The summed E-state index contributed by atoms with van der Waals surface area (Å²) < 4.78 is 38.6. The summed E-state index contributed by atoms with van der Waals surface area (Å²) in [6.45, 7) is 2.52. The molecule has 1 unspecified atom stereocenters. The second-order valence-electron chi connectivity index (χ2n) is 5.50. The van der Waals surface area contributed by atoms with E-state index < -0.39 is 11.7 Å². The van der Waals surface area contributed by atoms with Gasteiger partial charge in [0.2, 0.25) is 0 Å². The van der Waals surface area contributed by atoms with Crippen molar-refractivity contribution >= 4 is 11.6 Å². The van der Waals surface area contributed by atoms with E-state index in [4.69, 9.17) is 5.73 Å². The molecule has 1 atom stereocenters. The standard InChI is InChI=1S/C15H19F3N2O/c1-10-5-3-2-4-8-20(10)14(21)11-6-7-13(19)12(9-11)15(16,17)18/h6-7,9-10H,2-5,8,19H2,1H3. The first kappa shape index (κ1) is 15.7. The van der Waals surface area contributed by atoms with Gasteiger partial charge in [0, 0.05) is 23.8 Å². The van der Waals surface area contributed by atoms with Gasteiger partial charge < -0.3 is 10.6 Å². The van der Waals surface area contributed by atoms with Gasteiger partial charge in [0.15, 0.2) is 0 Å². The van der Waals surface area contributed by atoms with Gasteiger partial charge in [0.05, 0.1) is 5.56 Å². The molecule has 2 N–H and O–H groups in total. The second-order valence-corrected chi connectivity index (χ2v) is 5.50. The molecule has 1 heterocycles. The number of hydrogen-bond donors (Lipinski definition) is 1. The minimum absolute atomic E-state index is 0.0466. The maximum absolute atomic E-state index is 12.9. The summed E-state index contributed by atoms with van der Waals surface area (Å²) in [6, 6.07) is 3.42. The lowest BCUT2D eigenvalue weighted by Gasteiger charge is -2.27. The van der Waals surface area contributed by atoms with Gasteiger partial charge in [-0.15, -0.1) is 0 Å². The van der Waals surface area contributed by atoms with Gasteiger partial charge in [-0.05, 0) is 38.0 Å². The lowest BCUT2D eigenvalue weighted by Crippen LogP contribution is -2.38. The zero-order valence-electron chi connectivity index (χ0n) is 11.9. The van der Waals surface area contributed by atoms with Crippen LogP contribution in [0.4, 0.5) is 18.9 Å². The van der Waals surface area contributed by atoms with Crippen LogP contribution in [-0.2, 0) is 6.18 Å². The number of nitrogen functional groups attached to an aromatic ring is 1. The lowest BCUT2D eigenvalue weighted by molar-refractivity contribution is -0.136. The molecule has 1 amide bonds. The largest absolute Gasteiger partial charge is 0.418 e. The summed E-state index contributed by atoms with van der Waals surface area (Å²) in [6.07, 6.45) is -0.695. The highest BCUT2D eigenvalue weighted by Crippen LogP contribution is 2.34. The van der Waals surface area contributed by atoms with Crippen molar-refractivity contribution in [3.05, 3.63) is 29.3 Å². The third-order valence-electron chi connectivity index (χ3n) is 3.92. The van der Waals surface area contributed by atoms with Crippen molar-refractivity contribution < 1.29 is 18.0 Å². The third kappa shape index (κ3) is 3.49. The number of benzene rings is 1. The molecule has 0 bridgehead atoms. The SMILES string of the molecule is CC1CCCCCN1C(=O)c1ccc(N)c(C(F)(F)F)c1. The van der Waals surface area contributed by atoms with Crippen LogP contribution in [0, 0.1) is 0 Å². The molecule has 1 fully saturated rings. The first-order chi connectivity index (χ1) is 9.80. The first-order valence-corrected chi connectivity index (χ1v) is 7.08. The Kier molecular flexibility index (Phi) is 4.44. The summed E-state index contributed by atoms with van der Waals surface area (Å²) in [7, 11) is 0. The van der Waals surface area contributed by atoms with Crippen LogP contribution in [0.15, 0.2) is 18.2 Å². The van der Waals surface area contributed by atoms with Crippen molar-refractivity contribution in [1.29, 1.82) is 0 Å². The van der Waals surface area contributed by atoms with Crippen molar-refractivity contribution in [2.45, 2.75) is 44.8 Å². The highest BCUT2D eigenvalue weighted by Gasteiger charge is 2.34. The van der Waals surface area contributed by atoms with E-state index in [1.165, 1.54) is 6.07 Å².